The number of hydrogen-bond donors (Lipinski definition) is 0. The fourth-order valence-corrected chi connectivity index (χ4v) is 4.54. The Hall–Kier alpha value is -1.76. The summed E-state index contributed by atoms with van der Waals surface area (Å²) in [6, 6.07) is 13.2. The van der Waals surface area contributed by atoms with Gasteiger partial charge in [0, 0.05) is 23.8 Å². The van der Waals surface area contributed by atoms with Crippen molar-refractivity contribution in [1.82, 2.24) is 9.38 Å². The third kappa shape index (κ3) is 3.22. The van der Waals surface area contributed by atoms with Crippen molar-refractivity contribution in [3.05, 3.63) is 75.3 Å². The van der Waals surface area contributed by atoms with Crippen LogP contribution in [0.1, 0.15) is 11.3 Å². The third-order valence-electron chi connectivity index (χ3n) is 3.57. The van der Waals surface area contributed by atoms with Crippen LogP contribution >= 0.6 is 35.1 Å². The van der Waals surface area contributed by atoms with Gasteiger partial charge in [-0.1, -0.05) is 53.3 Å². The molecule has 0 spiro atoms. The average molecular weight is 374 g/mol. The number of para-hydroxylation sites is 1. The molecule has 0 unspecified atom stereocenters. The summed E-state index contributed by atoms with van der Waals surface area (Å²) in [5.41, 5.74) is 3.51. The van der Waals surface area contributed by atoms with Gasteiger partial charge in [-0.15, -0.1) is 0 Å². The summed E-state index contributed by atoms with van der Waals surface area (Å²) < 4.78 is 2.46. The molecule has 0 fully saturated rings. The maximum Gasteiger partial charge on any atom is 0.258 e. The number of halogens is 1. The van der Waals surface area contributed by atoms with Crippen LogP contribution in [0.2, 0.25) is 5.02 Å². The van der Waals surface area contributed by atoms with Gasteiger partial charge in [0.15, 0.2) is 0 Å². The van der Waals surface area contributed by atoms with Crippen molar-refractivity contribution < 1.29 is 0 Å². The lowest BCUT2D eigenvalue weighted by molar-refractivity contribution is 1.01. The summed E-state index contributed by atoms with van der Waals surface area (Å²) in [6.07, 6.45) is 1.58. The molecule has 1 aromatic carbocycles. The predicted molar refractivity (Wildman–Crippen MR) is 103 cm³/mol. The molecule has 0 radical (unpaired) electrons. The zero-order valence-corrected chi connectivity index (χ0v) is 14.9. The van der Waals surface area contributed by atoms with E-state index in [0.717, 1.165) is 21.5 Å². The van der Waals surface area contributed by atoms with Crippen molar-refractivity contribution in [2.45, 2.75) is 11.5 Å². The van der Waals surface area contributed by atoms with E-state index >= 15 is 0 Å². The van der Waals surface area contributed by atoms with Gasteiger partial charge >= 0.3 is 0 Å². The van der Waals surface area contributed by atoms with Crippen molar-refractivity contribution in [2.24, 2.45) is 4.99 Å². The molecule has 0 saturated carbocycles. The summed E-state index contributed by atoms with van der Waals surface area (Å²) in [6.45, 7) is 0. The number of pyridine rings is 1. The monoisotopic (exact) mass is 373 g/mol. The summed E-state index contributed by atoms with van der Waals surface area (Å²) in [4.78, 5) is 21.4. The standard InChI is InChI=1S/C17H12ClN3OS2/c18-12-5-6-15-19-13(7-16(22)21(15)8-12)10-24-17-20-14-4-2-1-3-11(14)9-23-17/h1-8H,9-10H2. The molecule has 2 aromatic heterocycles. The lowest BCUT2D eigenvalue weighted by Gasteiger charge is -2.14. The van der Waals surface area contributed by atoms with Gasteiger partial charge in [-0.05, 0) is 23.8 Å². The van der Waals surface area contributed by atoms with E-state index in [1.165, 1.54) is 9.96 Å². The fraction of sp³-hybridized carbons (Fsp3) is 0.118. The van der Waals surface area contributed by atoms with E-state index in [2.05, 4.69) is 16.0 Å². The van der Waals surface area contributed by atoms with Gasteiger partial charge in [0.1, 0.15) is 10.0 Å². The van der Waals surface area contributed by atoms with Crippen LogP contribution in [-0.4, -0.2) is 13.8 Å². The number of thioether (sulfide) groups is 2. The van der Waals surface area contributed by atoms with E-state index in [-0.39, 0.29) is 5.56 Å². The Labute approximate surface area is 152 Å². The van der Waals surface area contributed by atoms with Crippen molar-refractivity contribution in [1.29, 1.82) is 0 Å². The second kappa shape index (κ2) is 6.63. The van der Waals surface area contributed by atoms with E-state index in [1.54, 1.807) is 47.9 Å². The smallest absolute Gasteiger partial charge is 0.258 e. The highest BCUT2D eigenvalue weighted by Crippen LogP contribution is 2.35. The van der Waals surface area contributed by atoms with Gasteiger partial charge in [0.05, 0.1) is 16.4 Å². The van der Waals surface area contributed by atoms with E-state index < -0.39 is 0 Å². The molecule has 3 aromatic rings. The molecule has 1 aliphatic rings. The second-order valence-corrected chi connectivity index (χ2v) is 7.87. The molecule has 0 saturated heterocycles. The Morgan fingerprint density at radius 2 is 2.12 bits per heavy atom. The first-order valence-corrected chi connectivity index (χ1v) is 9.64. The van der Waals surface area contributed by atoms with Crippen molar-refractivity contribution >= 4 is 50.8 Å². The quantitative estimate of drug-likeness (QED) is 0.662. The molecule has 4 rings (SSSR count). The third-order valence-corrected chi connectivity index (χ3v) is 6.08. The minimum absolute atomic E-state index is 0.123. The molecule has 1 aliphatic heterocycles. The van der Waals surface area contributed by atoms with Gasteiger partial charge < -0.3 is 0 Å². The van der Waals surface area contributed by atoms with Crippen LogP contribution in [0.4, 0.5) is 5.69 Å². The predicted octanol–water partition coefficient (Wildman–Crippen LogP) is 4.52. The molecule has 4 nitrogen and oxygen atoms in total. The summed E-state index contributed by atoms with van der Waals surface area (Å²) in [7, 11) is 0. The number of aliphatic imine (C=N–C) groups is 1. The zero-order valence-electron chi connectivity index (χ0n) is 12.5. The van der Waals surface area contributed by atoms with Gasteiger partial charge in [-0.2, -0.15) is 0 Å². The molecule has 24 heavy (non-hydrogen) atoms. The summed E-state index contributed by atoms with van der Waals surface area (Å²) >= 11 is 9.25. The number of fused-ring (bicyclic) bond motifs is 2. The maximum atomic E-state index is 12.2. The molecule has 7 heteroatoms. The van der Waals surface area contributed by atoms with Crippen LogP contribution in [0.5, 0.6) is 0 Å². The van der Waals surface area contributed by atoms with Crippen molar-refractivity contribution in [3.8, 4) is 0 Å². The van der Waals surface area contributed by atoms with Crippen molar-refractivity contribution in [3.63, 3.8) is 0 Å². The number of aromatic nitrogens is 2. The highest BCUT2D eigenvalue weighted by Gasteiger charge is 2.13. The first-order valence-electron chi connectivity index (χ1n) is 7.29. The Morgan fingerprint density at radius 1 is 1.25 bits per heavy atom. The summed E-state index contributed by atoms with van der Waals surface area (Å²) in [5.74, 6) is 1.54. The van der Waals surface area contributed by atoms with Gasteiger partial charge in [0.2, 0.25) is 0 Å². The van der Waals surface area contributed by atoms with E-state index in [9.17, 15) is 4.79 Å². The fourth-order valence-electron chi connectivity index (χ4n) is 2.42. The second-order valence-electron chi connectivity index (χ2n) is 5.25. The van der Waals surface area contributed by atoms with Gasteiger partial charge in [0.25, 0.3) is 5.56 Å². The van der Waals surface area contributed by atoms with Crippen molar-refractivity contribution in [2.75, 3.05) is 0 Å². The average Bonchev–Trinajstić information content (AvgIpc) is 2.60. The highest BCUT2D eigenvalue weighted by atomic mass is 35.5. The van der Waals surface area contributed by atoms with Crippen LogP contribution in [0.3, 0.4) is 0 Å². The summed E-state index contributed by atoms with van der Waals surface area (Å²) in [5, 5.41) is 0.514. The first-order chi connectivity index (χ1) is 11.7. The van der Waals surface area contributed by atoms with Crippen LogP contribution in [0.15, 0.2) is 58.4 Å². The molecule has 0 aliphatic carbocycles. The molecule has 0 atom stereocenters. The Bertz CT molecular complexity index is 1020. The minimum Gasteiger partial charge on any atom is -0.269 e. The largest absolute Gasteiger partial charge is 0.269 e. The molecule has 120 valence electrons. The maximum absolute atomic E-state index is 12.2. The number of nitrogens with zero attached hydrogens (tertiary/aromatic N) is 3. The zero-order chi connectivity index (χ0) is 16.5. The minimum atomic E-state index is -0.123. The first kappa shape index (κ1) is 15.7. The van der Waals surface area contributed by atoms with Crippen LogP contribution < -0.4 is 5.56 Å². The van der Waals surface area contributed by atoms with E-state index in [1.807, 2.05) is 18.2 Å². The molecule has 3 heterocycles. The lowest BCUT2D eigenvalue weighted by atomic mass is 10.2. The number of rotatable bonds is 2. The highest BCUT2D eigenvalue weighted by molar-refractivity contribution is 8.38. The van der Waals surface area contributed by atoms with Gasteiger partial charge in [-0.3, -0.25) is 9.20 Å². The van der Waals surface area contributed by atoms with Crippen LogP contribution in [-0.2, 0) is 11.5 Å². The normalized spacial score (nSPS) is 13.6. The molecule has 0 bridgehead atoms. The molecule has 0 N–H and O–H groups in total. The van der Waals surface area contributed by atoms with E-state index in [0.29, 0.717) is 16.4 Å². The van der Waals surface area contributed by atoms with Crippen LogP contribution in [0.25, 0.3) is 5.65 Å². The topological polar surface area (TPSA) is 46.7 Å². The molecular formula is C17H12ClN3OS2. The number of benzene rings is 1. The lowest BCUT2D eigenvalue weighted by Crippen LogP contribution is -2.15. The Kier molecular flexibility index (Phi) is 4.35. The van der Waals surface area contributed by atoms with Crippen LogP contribution in [0, 0.1) is 0 Å². The molecule has 0 amide bonds. The molecular weight excluding hydrogens is 362 g/mol. The number of hydrogen-bond acceptors (Lipinski definition) is 5. The Morgan fingerprint density at radius 3 is 3.04 bits per heavy atom. The Balaban J connectivity index is 1.57. The SMILES string of the molecule is O=c1cc(CSC2=Nc3ccccc3CS2)nc2ccc(Cl)cn12. The van der Waals surface area contributed by atoms with E-state index in [4.69, 9.17) is 11.6 Å². The van der Waals surface area contributed by atoms with Gasteiger partial charge in [-0.25, -0.2) is 9.98 Å².